The van der Waals surface area contributed by atoms with Gasteiger partial charge in [-0.15, -0.1) is 0 Å². The lowest BCUT2D eigenvalue weighted by Gasteiger charge is -2.47. The van der Waals surface area contributed by atoms with Crippen LogP contribution in [0.15, 0.2) is 12.5 Å². The first kappa shape index (κ1) is 15.5. The summed E-state index contributed by atoms with van der Waals surface area (Å²) in [6, 6.07) is 0.275. The van der Waals surface area contributed by atoms with Crippen LogP contribution in [0.1, 0.15) is 38.9 Å². The summed E-state index contributed by atoms with van der Waals surface area (Å²) < 4.78 is 2.25. The maximum atomic E-state index is 6.09. The molecule has 1 aliphatic heterocycles. The standard InChI is InChI=1S/C15H29N5/c1-5-6-20-12-17-10-14(20)13(9-16)19-8-7-18(4)15(2,3)11-19/h10,12-13H,5-9,11,16H2,1-4H3. The zero-order chi connectivity index (χ0) is 14.8. The average Bonchev–Trinajstić information content (AvgIpc) is 2.83. The molecule has 1 unspecified atom stereocenters. The number of aryl methyl sites for hydroxylation is 1. The van der Waals surface area contributed by atoms with Gasteiger partial charge in [-0.3, -0.25) is 9.80 Å². The monoisotopic (exact) mass is 279 g/mol. The van der Waals surface area contributed by atoms with Crippen LogP contribution in [0.3, 0.4) is 0 Å². The van der Waals surface area contributed by atoms with Crippen molar-refractivity contribution in [3.05, 3.63) is 18.2 Å². The number of imidazole rings is 1. The molecule has 0 saturated carbocycles. The van der Waals surface area contributed by atoms with Crippen molar-refractivity contribution < 1.29 is 0 Å². The number of piperazine rings is 1. The van der Waals surface area contributed by atoms with Gasteiger partial charge in [-0.2, -0.15) is 0 Å². The third-order valence-electron chi connectivity index (χ3n) is 4.56. The molecule has 2 rings (SSSR count). The molecule has 1 aromatic rings. The largest absolute Gasteiger partial charge is 0.333 e. The molecule has 1 fully saturated rings. The number of hydrogen-bond acceptors (Lipinski definition) is 4. The second-order valence-corrected chi connectivity index (χ2v) is 6.47. The highest BCUT2D eigenvalue weighted by atomic mass is 15.3. The lowest BCUT2D eigenvalue weighted by atomic mass is 9.97. The normalized spacial score (nSPS) is 22.1. The number of nitrogens with zero attached hydrogens (tertiary/aromatic N) is 4. The Morgan fingerprint density at radius 3 is 2.75 bits per heavy atom. The lowest BCUT2D eigenvalue weighted by molar-refractivity contribution is 0.0163. The summed E-state index contributed by atoms with van der Waals surface area (Å²) in [6.07, 6.45) is 5.04. The van der Waals surface area contributed by atoms with Gasteiger partial charge in [0, 0.05) is 44.5 Å². The van der Waals surface area contributed by atoms with Gasteiger partial charge >= 0.3 is 0 Å². The van der Waals surface area contributed by atoms with Crippen molar-refractivity contribution in [3.63, 3.8) is 0 Å². The molecule has 0 aromatic carbocycles. The summed E-state index contributed by atoms with van der Waals surface area (Å²) in [6.45, 7) is 11.7. The Labute approximate surface area is 122 Å². The van der Waals surface area contributed by atoms with E-state index in [1.807, 2.05) is 12.5 Å². The second-order valence-electron chi connectivity index (χ2n) is 6.47. The van der Waals surface area contributed by atoms with E-state index in [-0.39, 0.29) is 11.6 Å². The lowest BCUT2D eigenvalue weighted by Crippen LogP contribution is -2.59. The quantitative estimate of drug-likeness (QED) is 0.883. The van der Waals surface area contributed by atoms with Crippen LogP contribution in [0.4, 0.5) is 0 Å². The predicted octanol–water partition coefficient (Wildman–Crippen LogP) is 1.32. The van der Waals surface area contributed by atoms with Crippen LogP contribution >= 0.6 is 0 Å². The van der Waals surface area contributed by atoms with Crippen LogP contribution in [0, 0.1) is 0 Å². The molecule has 0 spiro atoms. The maximum Gasteiger partial charge on any atom is 0.0948 e. The van der Waals surface area contributed by atoms with Crippen molar-refractivity contribution in [2.24, 2.45) is 5.73 Å². The minimum absolute atomic E-state index is 0.196. The van der Waals surface area contributed by atoms with Crippen molar-refractivity contribution in [1.29, 1.82) is 0 Å². The third-order valence-corrected chi connectivity index (χ3v) is 4.56. The van der Waals surface area contributed by atoms with Gasteiger partial charge in [0.2, 0.25) is 0 Å². The van der Waals surface area contributed by atoms with E-state index in [4.69, 9.17) is 5.73 Å². The molecule has 0 radical (unpaired) electrons. The van der Waals surface area contributed by atoms with Crippen molar-refractivity contribution >= 4 is 0 Å². The molecule has 1 saturated heterocycles. The summed E-state index contributed by atoms with van der Waals surface area (Å²) in [5, 5.41) is 0. The topological polar surface area (TPSA) is 50.3 Å². The van der Waals surface area contributed by atoms with E-state index in [0.29, 0.717) is 6.54 Å². The van der Waals surface area contributed by atoms with Gasteiger partial charge in [0.05, 0.1) is 18.1 Å². The molecule has 1 aromatic heterocycles. The van der Waals surface area contributed by atoms with Gasteiger partial charge < -0.3 is 10.3 Å². The summed E-state index contributed by atoms with van der Waals surface area (Å²) in [4.78, 5) is 9.27. The molecule has 2 N–H and O–H groups in total. The fourth-order valence-electron chi connectivity index (χ4n) is 3.04. The number of aromatic nitrogens is 2. The molecule has 5 nitrogen and oxygen atoms in total. The van der Waals surface area contributed by atoms with Gasteiger partial charge in [0.25, 0.3) is 0 Å². The molecule has 114 valence electrons. The van der Waals surface area contributed by atoms with Gasteiger partial charge in [0.1, 0.15) is 0 Å². The number of hydrogen-bond donors (Lipinski definition) is 1. The molecular formula is C15H29N5. The number of rotatable bonds is 5. The Morgan fingerprint density at radius 2 is 2.15 bits per heavy atom. The van der Waals surface area contributed by atoms with Crippen molar-refractivity contribution in [2.45, 2.75) is 45.3 Å². The molecule has 1 atom stereocenters. The molecule has 2 heterocycles. The number of nitrogens with two attached hydrogens (primary N) is 1. The van der Waals surface area contributed by atoms with E-state index in [1.165, 1.54) is 5.69 Å². The molecular weight excluding hydrogens is 250 g/mol. The summed E-state index contributed by atoms with van der Waals surface area (Å²) >= 11 is 0. The Kier molecular flexibility index (Phi) is 4.83. The zero-order valence-electron chi connectivity index (χ0n) is 13.3. The van der Waals surface area contributed by atoms with E-state index in [0.717, 1.165) is 32.6 Å². The highest BCUT2D eigenvalue weighted by Gasteiger charge is 2.35. The van der Waals surface area contributed by atoms with E-state index < -0.39 is 0 Å². The average molecular weight is 279 g/mol. The predicted molar refractivity (Wildman–Crippen MR) is 82.6 cm³/mol. The maximum absolute atomic E-state index is 6.09. The summed E-state index contributed by atoms with van der Waals surface area (Å²) in [5.41, 5.74) is 7.54. The first-order valence-corrected chi connectivity index (χ1v) is 7.65. The zero-order valence-corrected chi connectivity index (χ0v) is 13.3. The molecule has 0 aliphatic carbocycles. The van der Waals surface area contributed by atoms with E-state index in [9.17, 15) is 0 Å². The third kappa shape index (κ3) is 3.05. The van der Waals surface area contributed by atoms with Crippen LogP contribution in [-0.2, 0) is 6.54 Å². The minimum Gasteiger partial charge on any atom is -0.333 e. The molecule has 0 amide bonds. The Balaban J connectivity index is 2.18. The van der Waals surface area contributed by atoms with E-state index >= 15 is 0 Å². The highest BCUT2D eigenvalue weighted by molar-refractivity contribution is 5.08. The van der Waals surface area contributed by atoms with Crippen LogP contribution in [-0.4, -0.2) is 58.1 Å². The second kappa shape index (κ2) is 6.24. The molecule has 20 heavy (non-hydrogen) atoms. The SMILES string of the molecule is CCCn1cncc1C(CN)N1CCN(C)C(C)(C)C1. The van der Waals surface area contributed by atoms with Gasteiger partial charge in [-0.05, 0) is 27.3 Å². The van der Waals surface area contributed by atoms with Crippen LogP contribution in [0.2, 0.25) is 0 Å². The van der Waals surface area contributed by atoms with Gasteiger partial charge in [0.15, 0.2) is 0 Å². The van der Waals surface area contributed by atoms with E-state index in [2.05, 4.69) is 47.2 Å². The van der Waals surface area contributed by atoms with E-state index in [1.54, 1.807) is 0 Å². The van der Waals surface area contributed by atoms with Crippen LogP contribution in [0.5, 0.6) is 0 Å². The van der Waals surface area contributed by atoms with Crippen LogP contribution in [0.25, 0.3) is 0 Å². The smallest absolute Gasteiger partial charge is 0.0948 e. The number of likely N-dealkylation sites (N-methyl/N-ethyl adjacent to an activating group) is 1. The molecule has 0 bridgehead atoms. The fourth-order valence-corrected chi connectivity index (χ4v) is 3.04. The first-order valence-electron chi connectivity index (χ1n) is 7.65. The van der Waals surface area contributed by atoms with Gasteiger partial charge in [-0.1, -0.05) is 6.92 Å². The van der Waals surface area contributed by atoms with Crippen molar-refractivity contribution in [1.82, 2.24) is 19.4 Å². The van der Waals surface area contributed by atoms with Crippen molar-refractivity contribution in [2.75, 3.05) is 33.2 Å². The van der Waals surface area contributed by atoms with Crippen molar-refractivity contribution in [3.8, 4) is 0 Å². The summed E-state index contributed by atoms with van der Waals surface area (Å²) in [5.74, 6) is 0. The minimum atomic E-state index is 0.196. The first-order chi connectivity index (χ1) is 9.49. The van der Waals surface area contributed by atoms with Gasteiger partial charge in [-0.25, -0.2) is 4.98 Å². The Hall–Kier alpha value is -0.910. The molecule has 5 heteroatoms. The fraction of sp³-hybridized carbons (Fsp3) is 0.800. The summed E-state index contributed by atoms with van der Waals surface area (Å²) in [7, 11) is 2.20. The van der Waals surface area contributed by atoms with Crippen LogP contribution < -0.4 is 5.73 Å². The Bertz CT molecular complexity index is 426. The molecule has 1 aliphatic rings. The highest BCUT2D eigenvalue weighted by Crippen LogP contribution is 2.27. The Morgan fingerprint density at radius 1 is 1.40 bits per heavy atom.